The lowest BCUT2D eigenvalue weighted by atomic mass is 9.91. The second-order valence-corrected chi connectivity index (χ2v) is 7.48. The summed E-state index contributed by atoms with van der Waals surface area (Å²) < 4.78 is 12.9. The molecule has 1 spiro atoms. The van der Waals surface area contributed by atoms with Crippen LogP contribution in [0.3, 0.4) is 0 Å². The number of halogens is 1. The summed E-state index contributed by atoms with van der Waals surface area (Å²) in [6.45, 7) is 5.83. The number of amides is 2. The first-order valence-electron chi connectivity index (χ1n) is 8.98. The highest BCUT2D eigenvalue weighted by molar-refractivity contribution is 5.95. The van der Waals surface area contributed by atoms with Crippen molar-refractivity contribution >= 4 is 17.5 Å². The van der Waals surface area contributed by atoms with E-state index in [1.807, 2.05) is 13.8 Å². The second-order valence-electron chi connectivity index (χ2n) is 7.48. The first-order valence-corrected chi connectivity index (χ1v) is 8.98. The lowest BCUT2D eigenvalue weighted by Crippen LogP contribution is -2.44. The molecule has 1 atom stereocenters. The van der Waals surface area contributed by atoms with Crippen LogP contribution in [0.2, 0.25) is 0 Å². The van der Waals surface area contributed by atoms with Gasteiger partial charge < -0.3 is 15.5 Å². The van der Waals surface area contributed by atoms with Crippen LogP contribution in [0.5, 0.6) is 0 Å². The molecule has 3 rings (SSSR count). The Labute approximate surface area is 148 Å². The van der Waals surface area contributed by atoms with Gasteiger partial charge in [-0.3, -0.25) is 9.59 Å². The molecule has 2 aliphatic rings. The first-order chi connectivity index (χ1) is 11.9. The van der Waals surface area contributed by atoms with Gasteiger partial charge in [0.1, 0.15) is 12.4 Å². The number of rotatable bonds is 5. The summed E-state index contributed by atoms with van der Waals surface area (Å²) in [6, 6.07) is 5.59. The molecule has 2 N–H and O–H groups in total. The maximum Gasteiger partial charge on any atom is 0.244 e. The Morgan fingerprint density at radius 1 is 1.28 bits per heavy atom. The van der Waals surface area contributed by atoms with Gasteiger partial charge in [0.25, 0.3) is 0 Å². The van der Waals surface area contributed by atoms with E-state index in [-0.39, 0.29) is 41.6 Å². The fourth-order valence-electron chi connectivity index (χ4n) is 3.78. The molecule has 1 aromatic rings. The molecule has 0 bridgehead atoms. The van der Waals surface area contributed by atoms with Crippen molar-refractivity contribution in [2.24, 2.45) is 11.3 Å². The molecule has 5 nitrogen and oxygen atoms in total. The average Bonchev–Trinajstić information content (AvgIpc) is 3.27. The molecule has 1 unspecified atom stereocenters. The quantitative estimate of drug-likeness (QED) is 0.860. The van der Waals surface area contributed by atoms with Crippen LogP contribution in [-0.2, 0) is 9.59 Å². The number of anilines is 1. The molecule has 0 aromatic heterocycles. The van der Waals surface area contributed by atoms with Crippen molar-refractivity contribution in [3.63, 3.8) is 0 Å². The zero-order valence-electron chi connectivity index (χ0n) is 14.8. The normalized spacial score (nSPS) is 21.2. The van der Waals surface area contributed by atoms with Gasteiger partial charge in [0.15, 0.2) is 0 Å². The average molecular weight is 347 g/mol. The fourth-order valence-corrected chi connectivity index (χ4v) is 3.78. The number of nitrogens with zero attached hydrogens (tertiary/aromatic N) is 1. The van der Waals surface area contributed by atoms with Crippen LogP contribution in [0.1, 0.15) is 33.1 Å². The minimum atomic E-state index is -0.349. The maximum absolute atomic E-state index is 12.9. The van der Waals surface area contributed by atoms with Crippen LogP contribution >= 0.6 is 0 Å². The first kappa shape index (κ1) is 17.9. The molecular weight excluding hydrogens is 321 g/mol. The van der Waals surface area contributed by atoms with Gasteiger partial charge >= 0.3 is 0 Å². The molecule has 1 saturated carbocycles. The maximum atomic E-state index is 12.9. The second kappa shape index (κ2) is 7.12. The van der Waals surface area contributed by atoms with Gasteiger partial charge in [0, 0.05) is 17.6 Å². The summed E-state index contributed by atoms with van der Waals surface area (Å²) in [5.41, 5.74) is 0.687. The minimum absolute atomic E-state index is 0.0265. The molecule has 2 amide bonds. The number of nitrogens with one attached hydrogen (secondary N) is 2. The number of hydrogen-bond acceptors (Lipinski definition) is 3. The Balaban J connectivity index is 1.60. The monoisotopic (exact) mass is 347 g/mol. The Bertz CT molecular complexity index is 639. The summed E-state index contributed by atoms with van der Waals surface area (Å²) in [7, 11) is 0. The van der Waals surface area contributed by atoms with E-state index < -0.39 is 0 Å². The third-order valence-corrected chi connectivity index (χ3v) is 5.44. The highest BCUT2D eigenvalue weighted by Crippen LogP contribution is 2.59. The van der Waals surface area contributed by atoms with Crippen molar-refractivity contribution in [1.82, 2.24) is 10.2 Å². The van der Waals surface area contributed by atoms with E-state index >= 15 is 0 Å². The lowest BCUT2D eigenvalue weighted by Gasteiger charge is -2.29. The van der Waals surface area contributed by atoms with E-state index in [2.05, 4.69) is 10.6 Å². The predicted molar refractivity (Wildman–Crippen MR) is 94.5 cm³/mol. The molecule has 136 valence electrons. The van der Waals surface area contributed by atoms with Crippen molar-refractivity contribution in [2.75, 3.05) is 25.0 Å². The minimum Gasteiger partial charge on any atom is -0.331 e. The number of carbonyl (C=O) groups is 2. The van der Waals surface area contributed by atoms with Crippen LogP contribution in [-0.4, -0.2) is 42.4 Å². The van der Waals surface area contributed by atoms with Crippen LogP contribution in [0.15, 0.2) is 24.3 Å². The predicted octanol–water partition coefficient (Wildman–Crippen LogP) is 2.39. The van der Waals surface area contributed by atoms with E-state index in [0.29, 0.717) is 5.69 Å². The number of carbonyl (C=O) groups excluding carboxylic acids is 2. The topological polar surface area (TPSA) is 61.4 Å². The molecule has 1 aromatic carbocycles. The van der Waals surface area contributed by atoms with Crippen molar-refractivity contribution < 1.29 is 14.0 Å². The Hall–Kier alpha value is -1.95. The SMILES string of the molecule is CC(C)N(CC(=O)Nc1ccc(F)cc1)C(=O)C1CC12CCNCC2. The smallest absolute Gasteiger partial charge is 0.244 e. The zero-order chi connectivity index (χ0) is 18.0. The summed E-state index contributed by atoms with van der Waals surface area (Å²) >= 11 is 0. The molecule has 1 aliphatic carbocycles. The van der Waals surface area contributed by atoms with Crippen LogP contribution in [0, 0.1) is 17.2 Å². The molecule has 2 fully saturated rings. The summed E-state index contributed by atoms with van der Waals surface area (Å²) in [5, 5.41) is 6.07. The third kappa shape index (κ3) is 4.00. The van der Waals surface area contributed by atoms with Crippen molar-refractivity contribution in [3.05, 3.63) is 30.1 Å². The Kier molecular flexibility index (Phi) is 5.08. The molecule has 6 heteroatoms. The van der Waals surface area contributed by atoms with Crippen molar-refractivity contribution in [2.45, 2.75) is 39.2 Å². The third-order valence-electron chi connectivity index (χ3n) is 5.44. The zero-order valence-corrected chi connectivity index (χ0v) is 14.8. The van der Waals surface area contributed by atoms with Gasteiger partial charge in [-0.1, -0.05) is 0 Å². The standard InChI is InChI=1S/C19H26FN3O2/c1-13(2)23(12-17(24)22-15-5-3-14(20)4-6-15)18(25)16-11-19(16)7-9-21-10-8-19/h3-6,13,16,21H,7-12H2,1-2H3,(H,22,24). The summed E-state index contributed by atoms with van der Waals surface area (Å²) in [6.07, 6.45) is 3.02. The fraction of sp³-hybridized carbons (Fsp3) is 0.579. The van der Waals surface area contributed by atoms with E-state index in [4.69, 9.17) is 0 Å². The van der Waals surface area contributed by atoms with Crippen LogP contribution < -0.4 is 10.6 Å². The number of hydrogen-bond donors (Lipinski definition) is 2. The van der Waals surface area contributed by atoms with Gasteiger partial charge in [-0.2, -0.15) is 0 Å². The van der Waals surface area contributed by atoms with E-state index in [1.165, 1.54) is 24.3 Å². The van der Waals surface area contributed by atoms with Gasteiger partial charge in [-0.15, -0.1) is 0 Å². The van der Waals surface area contributed by atoms with Crippen molar-refractivity contribution in [1.29, 1.82) is 0 Å². The highest BCUT2D eigenvalue weighted by atomic mass is 19.1. The van der Waals surface area contributed by atoms with E-state index in [0.717, 1.165) is 32.4 Å². The molecule has 25 heavy (non-hydrogen) atoms. The summed E-state index contributed by atoms with van der Waals surface area (Å²) in [4.78, 5) is 26.9. The van der Waals surface area contributed by atoms with Crippen molar-refractivity contribution in [3.8, 4) is 0 Å². The van der Waals surface area contributed by atoms with Crippen LogP contribution in [0.4, 0.5) is 10.1 Å². The Morgan fingerprint density at radius 3 is 2.52 bits per heavy atom. The van der Waals surface area contributed by atoms with E-state index in [9.17, 15) is 14.0 Å². The Morgan fingerprint density at radius 2 is 1.92 bits per heavy atom. The highest BCUT2D eigenvalue weighted by Gasteiger charge is 2.58. The molecule has 1 heterocycles. The van der Waals surface area contributed by atoms with Gasteiger partial charge in [-0.25, -0.2) is 4.39 Å². The summed E-state index contributed by atoms with van der Waals surface area (Å²) in [5.74, 6) is -0.464. The van der Waals surface area contributed by atoms with Gasteiger partial charge in [-0.05, 0) is 75.9 Å². The van der Waals surface area contributed by atoms with Gasteiger partial charge in [0.05, 0.1) is 0 Å². The molecule has 1 saturated heterocycles. The van der Waals surface area contributed by atoms with Crippen LogP contribution in [0.25, 0.3) is 0 Å². The molecule has 1 aliphatic heterocycles. The molecule has 0 radical (unpaired) electrons. The van der Waals surface area contributed by atoms with Gasteiger partial charge in [0.2, 0.25) is 11.8 Å². The largest absolute Gasteiger partial charge is 0.331 e. The lowest BCUT2D eigenvalue weighted by molar-refractivity contribution is -0.138. The molecular formula is C19H26FN3O2. The number of benzene rings is 1. The van der Waals surface area contributed by atoms with E-state index in [1.54, 1.807) is 4.90 Å². The number of piperidine rings is 1.